The van der Waals surface area contributed by atoms with Gasteiger partial charge in [-0.3, -0.25) is 24.5 Å². The highest BCUT2D eigenvalue weighted by Gasteiger charge is 2.28. The Morgan fingerprint density at radius 2 is 1.81 bits per heavy atom. The van der Waals surface area contributed by atoms with Gasteiger partial charge in [-0.2, -0.15) is 10.1 Å². The van der Waals surface area contributed by atoms with E-state index in [4.69, 9.17) is 0 Å². The highest BCUT2D eigenvalue weighted by Crippen LogP contribution is 2.28. The standard InChI is InChI=1S/C26H23N5O5S/c1-2-22(26(34)28-23-16-24(32)30(29-23)19-10-4-3-5-11-19)37-21-13-7-9-18(15-21)27-25(33)17-8-6-12-20(14-17)31(35)36/h3-15,22H,2,16H2,1H3,(H,27,33)(H,28,29,34). The Balaban J connectivity index is 1.40. The molecule has 0 saturated carbocycles. The molecule has 0 aliphatic carbocycles. The smallest absolute Gasteiger partial charge is 0.270 e. The van der Waals surface area contributed by atoms with Crippen molar-refractivity contribution in [2.75, 3.05) is 10.3 Å². The molecule has 11 heteroatoms. The molecule has 0 fully saturated rings. The summed E-state index contributed by atoms with van der Waals surface area (Å²) in [4.78, 5) is 49.1. The number of hydrogen-bond donors (Lipinski definition) is 2. The number of nitrogens with one attached hydrogen (secondary N) is 2. The number of non-ortho nitro benzene ring substituents is 1. The van der Waals surface area contributed by atoms with Crippen LogP contribution < -0.4 is 15.6 Å². The molecule has 3 aromatic rings. The Morgan fingerprint density at radius 3 is 2.54 bits per heavy atom. The van der Waals surface area contributed by atoms with Gasteiger partial charge >= 0.3 is 0 Å². The van der Waals surface area contributed by atoms with Gasteiger partial charge in [0.15, 0.2) is 0 Å². The Kier molecular flexibility index (Phi) is 7.94. The van der Waals surface area contributed by atoms with Crippen LogP contribution in [0.1, 0.15) is 30.1 Å². The number of nitro groups is 1. The van der Waals surface area contributed by atoms with E-state index in [1.54, 1.807) is 42.5 Å². The summed E-state index contributed by atoms with van der Waals surface area (Å²) in [5, 5.41) is 21.6. The molecule has 3 aromatic carbocycles. The van der Waals surface area contributed by atoms with Crippen LogP contribution in [0.2, 0.25) is 0 Å². The second-order valence-electron chi connectivity index (χ2n) is 8.06. The lowest BCUT2D eigenvalue weighted by Gasteiger charge is -2.15. The van der Waals surface area contributed by atoms with Crippen LogP contribution in [0.3, 0.4) is 0 Å². The number of benzene rings is 3. The van der Waals surface area contributed by atoms with Crippen molar-refractivity contribution in [3.05, 3.63) is 94.5 Å². The SMILES string of the molecule is CCC(Sc1cccc(NC(=O)c2cccc([N+](=O)[O-])c2)c1)C(=O)NC1=NN(c2ccccc2)C(=O)C1. The van der Waals surface area contributed by atoms with Gasteiger partial charge in [-0.05, 0) is 42.8 Å². The maximum Gasteiger partial charge on any atom is 0.270 e. The van der Waals surface area contributed by atoms with Gasteiger partial charge in [-0.1, -0.05) is 37.3 Å². The van der Waals surface area contributed by atoms with E-state index in [1.807, 2.05) is 19.1 Å². The first-order valence-electron chi connectivity index (χ1n) is 11.4. The number of carbonyl (C=O) groups is 3. The zero-order chi connectivity index (χ0) is 26.4. The van der Waals surface area contributed by atoms with E-state index in [9.17, 15) is 24.5 Å². The average molecular weight is 518 g/mol. The Morgan fingerprint density at radius 1 is 1.05 bits per heavy atom. The molecule has 4 rings (SSSR count). The van der Waals surface area contributed by atoms with Crippen molar-refractivity contribution in [1.29, 1.82) is 0 Å². The molecule has 0 bridgehead atoms. The van der Waals surface area contributed by atoms with Crippen LogP contribution in [0.4, 0.5) is 17.1 Å². The first kappa shape index (κ1) is 25.6. The number of para-hydroxylation sites is 1. The molecule has 0 radical (unpaired) electrons. The molecule has 1 aliphatic heterocycles. The maximum absolute atomic E-state index is 13.0. The molecule has 1 heterocycles. The highest BCUT2D eigenvalue weighted by atomic mass is 32.2. The summed E-state index contributed by atoms with van der Waals surface area (Å²) in [6.45, 7) is 1.88. The Hall–Kier alpha value is -4.51. The van der Waals surface area contributed by atoms with Crippen molar-refractivity contribution in [3.8, 4) is 0 Å². The lowest BCUT2D eigenvalue weighted by atomic mass is 10.2. The third kappa shape index (κ3) is 6.39. The van der Waals surface area contributed by atoms with Gasteiger partial charge < -0.3 is 10.6 Å². The van der Waals surface area contributed by atoms with E-state index < -0.39 is 16.1 Å². The van der Waals surface area contributed by atoms with E-state index in [1.165, 1.54) is 41.0 Å². The highest BCUT2D eigenvalue weighted by molar-refractivity contribution is 8.00. The number of carbonyl (C=O) groups excluding carboxylic acids is 3. The third-order valence-corrected chi connectivity index (χ3v) is 6.75. The van der Waals surface area contributed by atoms with Crippen LogP contribution >= 0.6 is 11.8 Å². The molecule has 10 nitrogen and oxygen atoms in total. The molecular formula is C26H23N5O5S. The second kappa shape index (κ2) is 11.5. The second-order valence-corrected chi connectivity index (χ2v) is 9.33. The lowest BCUT2D eigenvalue weighted by Crippen LogP contribution is -2.36. The summed E-state index contributed by atoms with van der Waals surface area (Å²) in [6, 6.07) is 21.4. The summed E-state index contributed by atoms with van der Waals surface area (Å²) in [6.07, 6.45) is 0.519. The monoisotopic (exact) mass is 517 g/mol. The van der Waals surface area contributed by atoms with E-state index in [2.05, 4.69) is 15.7 Å². The van der Waals surface area contributed by atoms with E-state index in [0.29, 0.717) is 17.8 Å². The fourth-order valence-corrected chi connectivity index (χ4v) is 4.60. The predicted octanol–water partition coefficient (Wildman–Crippen LogP) is 4.58. The molecule has 37 heavy (non-hydrogen) atoms. The number of amides is 3. The first-order valence-corrected chi connectivity index (χ1v) is 12.3. The number of rotatable bonds is 8. The van der Waals surface area contributed by atoms with Crippen molar-refractivity contribution in [3.63, 3.8) is 0 Å². The number of hydrogen-bond acceptors (Lipinski definition) is 7. The van der Waals surface area contributed by atoms with Crippen LogP contribution in [-0.2, 0) is 9.59 Å². The summed E-state index contributed by atoms with van der Waals surface area (Å²) < 4.78 is 0. The molecule has 0 spiro atoms. The molecular weight excluding hydrogens is 494 g/mol. The van der Waals surface area contributed by atoms with Crippen LogP contribution in [0.25, 0.3) is 0 Å². The number of nitrogens with zero attached hydrogens (tertiary/aromatic N) is 3. The molecule has 1 aliphatic rings. The van der Waals surface area contributed by atoms with E-state index >= 15 is 0 Å². The molecule has 0 aromatic heterocycles. The Labute approximate surface area is 216 Å². The van der Waals surface area contributed by atoms with Gasteiger partial charge in [0.25, 0.3) is 17.5 Å². The Bertz CT molecular complexity index is 1380. The minimum absolute atomic E-state index is 0.000893. The van der Waals surface area contributed by atoms with Crippen molar-refractivity contribution in [1.82, 2.24) is 5.32 Å². The average Bonchev–Trinajstić information content (AvgIpc) is 3.27. The molecule has 1 unspecified atom stereocenters. The van der Waals surface area contributed by atoms with Crippen LogP contribution in [-0.4, -0.2) is 33.7 Å². The molecule has 1 atom stereocenters. The summed E-state index contributed by atoms with van der Waals surface area (Å²) >= 11 is 1.32. The molecule has 3 amide bonds. The van der Waals surface area contributed by atoms with Gasteiger partial charge in [0.2, 0.25) is 5.91 Å². The van der Waals surface area contributed by atoms with Gasteiger partial charge in [0.05, 0.1) is 22.3 Å². The summed E-state index contributed by atoms with van der Waals surface area (Å²) in [5.74, 6) is -0.701. The van der Waals surface area contributed by atoms with Crippen molar-refractivity contribution >= 4 is 52.4 Å². The topological polar surface area (TPSA) is 134 Å². The van der Waals surface area contributed by atoms with Crippen molar-refractivity contribution in [2.24, 2.45) is 5.10 Å². The zero-order valence-electron chi connectivity index (χ0n) is 19.8. The summed E-state index contributed by atoms with van der Waals surface area (Å²) in [5.41, 5.74) is 1.10. The van der Waals surface area contributed by atoms with Gasteiger partial charge in [-0.25, -0.2) is 0 Å². The quantitative estimate of drug-likeness (QED) is 0.255. The normalized spacial score (nSPS) is 13.6. The lowest BCUT2D eigenvalue weighted by molar-refractivity contribution is -0.384. The molecule has 188 valence electrons. The summed E-state index contributed by atoms with van der Waals surface area (Å²) in [7, 11) is 0. The minimum Gasteiger partial charge on any atom is -0.322 e. The van der Waals surface area contributed by atoms with Crippen LogP contribution in [0.15, 0.2) is 88.9 Å². The van der Waals surface area contributed by atoms with Gasteiger partial charge in [-0.15, -0.1) is 11.8 Å². The maximum atomic E-state index is 13.0. The zero-order valence-corrected chi connectivity index (χ0v) is 20.6. The fraction of sp³-hybridized carbons (Fsp3) is 0.154. The van der Waals surface area contributed by atoms with Gasteiger partial charge in [0.1, 0.15) is 5.84 Å². The molecule has 2 N–H and O–H groups in total. The number of hydrazone groups is 1. The largest absolute Gasteiger partial charge is 0.322 e. The number of amidine groups is 1. The first-order chi connectivity index (χ1) is 17.8. The van der Waals surface area contributed by atoms with Crippen LogP contribution in [0, 0.1) is 10.1 Å². The number of thioether (sulfide) groups is 1. The van der Waals surface area contributed by atoms with Crippen molar-refractivity contribution < 1.29 is 19.3 Å². The predicted molar refractivity (Wildman–Crippen MR) is 142 cm³/mol. The third-order valence-electron chi connectivity index (χ3n) is 5.40. The van der Waals surface area contributed by atoms with E-state index in [-0.39, 0.29) is 35.3 Å². The van der Waals surface area contributed by atoms with E-state index in [0.717, 1.165) is 4.90 Å². The van der Waals surface area contributed by atoms with Gasteiger partial charge in [0, 0.05) is 28.3 Å². The van der Waals surface area contributed by atoms with Crippen LogP contribution in [0.5, 0.6) is 0 Å². The number of anilines is 2. The number of nitro benzene ring substituents is 1. The van der Waals surface area contributed by atoms with Crippen molar-refractivity contribution in [2.45, 2.75) is 29.9 Å². The minimum atomic E-state index is -0.559. The fourth-order valence-electron chi connectivity index (χ4n) is 3.59. The molecule has 0 saturated heterocycles.